The quantitative estimate of drug-likeness (QED) is 0.273. The van der Waals surface area contributed by atoms with Gasteiger partial charge in [-0.05, 0) is 70.5 Å². The van der Waals surface area contributed by atoms with E-state index in [0.29, 0.717) is 15.2 Å². The molecule has 8 nitrogen and oxygen atoms in total. The van der Waals surface area contributed by atoms with Crippen LogP contribution in [-0.4, -0.2) is 34.7 Å². The van der Waals surface area contributed by atoms with Gasteiger partial charge in [0.15, 0.2) is 11.3 Å². The van der Waals surface area contributed by atoms with Crippen molar-refractivity contribution in [2.45, 2.75) is 9.79 Å². The predicted octanol–water partition coefficient (Wildman–Crippen LogP) is 5.31. The van der Waals surface area contributed by atoms with Gasteiger partial charge in [-0.15, -0.1) is 0 Å². The summed E-state index contributed by atoms with van der Waals surface area (Å²) in [4.78, 5) is 8.42. The molecule has 186 valence electrons. The lowest BCUT2D eigenvalue weighted by atomic mass is 10.3. The largest absolute Gasteiger partial charge is 0.269 e. The monoisotopic (exact) mass is 596 g/mol. The molecular weight excluding hydrogens is 576 g/mol. The van der Waals surface area contributed by atoms with Gasteiger partial charge >= 0.3 is 0 Å². The van der Waals surface area contributed by atoms with Gasteiger partial charge in [0.25, 0.3) is 20.0 Å². The second kappa shape index (κ2) is 9.92. The van der Waals surface area contributed by atoms with Gasteiger partial charge in [-0.1, -0.05) is 36.4 Å². The normalized spacial score (nSPS) is 12.6. The minimum Gasteiger partial charge on any atom is -0.237 e. The van der Waals surface area contributed by atoms with Crippen molar-refractivity contribution < 1.29 is 19.6 Å². The summed E-state index contributed by atoms with van der Waals surface area (Å²) in [7, 11) is -7.62. The van der Waals surface area contributed by atoms with E-state index < -0.39 is 20.0 Å². The van der Waals surface area contributed by atoms with Crippen molar-refractivity contribution in [1.29, 1.82) is 0 Å². The van der Waals surface area contributed by atoms with Crippen molar-refractivity contribution in [3.05, 3.63) is 120 Å². The molecule has 0 saturated heterocycles. The summed E-state index contributed by atoms with van der Waals surface area (Å²) >= 11 is 3.25. The molecule has 0 saturated carbocycles. The zero-order valence-electron chi connectivity index (χ0n) is 20.9. The first-order chi connectivity index (χ1) is 18.6. The predicted molar refractivity (Wildman–Crippen MR) is 145 cm³/mol. The molecule has 0 aliphatic rings. The molecule has 0 fully saturated rings. The first kappa shape index (κ1) is 22.4. The summed E-state index contributed by atoms with van der Waals surface area (Å²) in [6.45, 7) is 0. The van der Waals surface area contributed by atoms with Crippen LogP contribution in [0.5, 0.6) is 0 Å². The summed E-state index contributed by atoms with van der Waals surface area (Å²) in [6.07, 6.45) is 2.78. The van der Waals surface area contributed by atoms with Gasteiger partial charge in [-0.2, -0.15) is 0 Å². The Balaban J connectivity index is 0.000000158. The van der Waals surface area contributed by atoms with Gasteiger partial charge in [0.2, 0.25) is 0 Å². The van der Waals surface area contributed by atoms with E-state index in [4.69, 9.17) is 2.74 Å². The van der Waals surface area contributed by atoms with Crippen LogP contribution in [0.2, 0.25) is 0 Å². The molecule has 2 aromatic carbocycles. The molecule has 0 atom stereocenters. The standard InChI is InChI=1S/C13H9BrN2O2S.C13H10N2O2S/c14-12-9-16(13-11(12)7-4-8-15-13)19(17,18)10-5-2-1-3-6-10;16-18(17,12-6-2-1-3-7-12)15-10-8-11-5-4-9-14-13(11)15/h1-9H;1-10H/i9D;10D. The van der Waals surface area contributed by atoms with E-state index in [1.165, 1.54) is 42.7 Å². The summed E-state index contributed by atoms with van der Waals surface area (Å²) in [5, 5.41) is 1.23. The Hall–Kier alpha value is -3.80. The maximum Gasteiger partial charge on any atom is 0.269 e. The Labute approximate surface area is 224 Å². The molecule has 11 heteroatoms. The van der Waals surface area contributed by atoms with Gasteiger partial charge in [-0.3, -0.25) is 0 Å². The lowest BCUT2D eigenvalue weighted by Gasteiger charge is -2.06. The fourth-order valence-corrected chi connectivity index (χ4v) is 6.75. The molecule has 4 aromatic heterocycles. The van der Waals surface area contributed by atoms with Crippen LogP contribution in [0.25, 0.3) is 22.1 Å². The van der Waals surface area contributed by atoms with Crippen LogP contribution < -0.4 is 0 Å². The van der Waals surface area contributed by atoms with E-state index in [1.807, 2.05) is 0 Å². The lowest BCUT2D eigenvalue weighted by Crippen LogP contribution is -2.12. The number of hydrogen-bond donors (Lipinski definition) is 0. The molecular formula is C26H19BrN4O4S2. The molecule has 0 aliphatic heterocycles. The van der Waals surface area contributed by atoms with Crippen LogP contribution in [0, 0.1) is 0 Å². The number of nitrogens with zero attached hydrogens (tertiary/aromatic N) is 4. The maximum absolute atomic E-state index is 12.7. The highest BCUT2D eigenvalue weighted by Crippen LogP contribution is 2.28. The van der Waals surface area contributed by atoms with Crippen LogP contribution in [0.3, 0.4) is 0 Å². The van der Waals surface area contributed by atoms with E-state index in [2.05, 4.69) is 25.9 Å². The van der Waals surface area contributed by atoms with Crippen LogP contribution in [0.1, 0.15) is 2.74 Å². The molecule has 6 rings (SSSR count). The third-order valence-corrected chi connectivity index (χ3v) is 9.17. The second-order valence-electron chi connectivity index (χ2n) is 7.66. The molecule has 37 heavy (non-hydrogen) atoms. The third kappa shape index (κ3) is 4.68. The average Bonchev–Trinajstić information content (AvgIpc) is 3.43. The Kier molecular flexibility index (Phi) is 6.01. The van der Waals surface area contributed by atoms with E-state index >= 15 is 0 Å². The Morgan fingerprint density at radius 3 is 1.81 bits per heavy atom. The molecule has 0 unspecified atom stereocenters. The fraction of sp³-hybridized carbons (Fsp3) is 0. The van der Waals surface area contributed by atoms with Crippen LogP contribution >= 0.6 is 15.9 Å². The summed E-state index contributed by atoms with van der Waals surface area (Å²) in [5.74, 6) is 0. The Morgan fingerprint density at radius 1 is 0.649 bits per heavy atom. The molecule has 0 bridgehead atoms. The van der Waals surface area contributed by atoms with E-state index in [-0.39, 0.29) is 33.4 Å². The van der Waals surface area contributed by atoms with Crippen molar-refractivity contribution >= 4 is 58.0 Å². The Morgan fingerprint density at radius 2 is 1.19 bits per heavy atom. The molecule has 4 heterocycles. The second-order valence-corrected chi connectivity index (χ2v) is 12.0. The van der Waals surface area contributed by atoms with E-state index in [0.717, 1.165) is 7.94 Å². The molecule has 0 spiro atoms. The fourth-order valence-electron chi connectivity index (χ4n) is 3.57. The summed E-state index contributed by atoms with van der Waals surface area (Å²) in [5.41, 5.74) is 0.518. The average molecular weight is 598 g/mol. The first-order valence-electron chi connectivity index (χ1n) is 11.8. The minimum absolute atomic E-state index is 0.0995. The SMILES string of the molecule is [2H]c1c(Br)c2cccnc2n1S(=O)(=O)c1ccccc1.[2H]c1cc2cccnc2n1S(=O)(=O)c1ccccc1. The van der Waals surface area contributed by atoms with Crippen molar-refractivity contribution in [3.8, 4) is 0 Å². The van der Waals surface area contributed by atoms with Gasteiger partial charge in [0.05, 0.1) is 12.5 Å². The molecule has 0 aliphatic carbocycles. The van der Waals surface area contributed by atoms with Crippen LogP contribution in [0.15, 0.2) is 130 Å². The maximum atomic E-state index is 12.7. The topological polar surface area (TPSA) is 104 Å². The number of hydrogen-bond acceptors (Lipinski definition) is 6. The lowest BCUT2D eigenvalue weighted by molar-refractivity contribution is 0.587. The van der Waals surface area contributed by atoms with Crippen molar-refractivity contribution in [2.75, 3.05) is 0 Å². The molecule has 0 N–H and O–H groups in total. The van der Waals surface area contributed by atoms with Gasteiger partial charge in [-0.25, -0.2) is 34.7 Å². The third-order valence-electron chi connectivity index (χ3n) is 5.32. The summed E-state index contributed by atoms with van der Waals surface area (Å²) < 4.78 is 68.6. The van der Waals surface area contributed by atoms with Gasteiger partial charge < -0.3 is 0 Å². The molecule has 6 aromatic rings. The first-order valence-corrected chi connectivity index (χ1v) is 14.5. The van der Waals surface area contributed by atoms with E-state index in [1.54, 1.807) is 60.7 Å². The van der Waals surface area contributed by atoms with Gasteiger partial charge in [0, 0.05) is 40.0 Å². The Bertz CT molecular complexity index is 2030. The highest BCUT2D eigenvalue weighted by atomic mass is 79.9. The molecule has 0 amide bonds. The number of aromatic nitrogens is 4. The zero-order valence-corrected chi connectivity index (χ0v) is 22.2. The molecule has 0 radical (unpaired) electrons. The smallest absolute Gasteiger partial charge is 0.237 e. The van der Waals surface area contributed by atoms with Crippen molar-refractivity contribution in [3.63, 3.8) is 0 Å². The van der Waals surface area contributed by atoms with Crippen molar-refractivity contribution in [2.24, 2.45) is 0 Å². The number of benzene rings is 2. The van der Waals surface area contributed by atoms with Crippen LogP contribution in [-0.2, 0) is 20.0 Å². The van der Waals surface area contributed by atoms with Gasteiger partial charge in [0.1, 0.15) is 0 Å². The number of pyridine rings is 2. The number of rotatable bonds is 4. The van der Waals surface area contributed by atoms with Crippen molar-refractivity contribution in [1.82, 2.24) is 17.9 Å². The summed E-state index contributed by atoms with van der Waals surface area (Å²) in [6, 6.07) is 24.4. The highest BCUT2D eigenvalue weighted by Gasteiger charge is 2.21. The van der Waals surface area contributed by atoms with Crippen LogP contribution in [0.4, 0.5) is 0 Å². The minimum atomic E-state index is -3.84. The number of halogens is 1. The zero-order chi connectivity index (χ0) is 27.8. The highest BCUT2D eigenvalue weighted by molar-refractivity contribution is 9.10. The number of fused-ring (bicyclic) bond motifs is 2. The van der Waals surface area contributed by atoms with E-state index in [9.17, 15) is 16.8 Å².